The maximum absolute atomic E-state index is 10.5. The molecule has 0 radical (unpaired) electrons. The molecule has 0 spiro atoms. The number of nitrogens with two attached hydrogens (primary N) is 1. The first-order valence-corrected chi connectivity index (χ1v) is 6.31. The van der Waals surface area contributed by atoms with Crippen LogP contribution >= 0.6 is 0 Å². The maximum atomic E-state index is 10.5. The molecule has 6 nitrogen and oxygen atoms in total. The van der Waals surface area contributed by atoms with Crippen molar-refractivity contribution in [2.75, 3.05) is 11.9 Å². The van der Waals surface area contributed by atoms with Gasteiger partial charge in [-0.3, -0.25) is 0 Å². The zero-order chi connectivity index (χ0) is 14.4. The lowest BCUT2D eigenvalue weighted by Gasteiger charge is -2.06. The highest BCUT2D eigenvalue weighted by atomic mass is 16.6. The molecule has 0 bridgehead atoms. The van der Waals surface area contributed by atoms with E-state index < -0.39 is 4.92 Å². The average molecular weight is 272 g/mol. The summed E-state index contributed by atoms with van der Waals surface area (Å²) in [6.45, 7) is 1.29. The summed E-state index contributed by atoms with van der Waals surface area (Å²) in [6, 6.07) is 11.2. The van der Waals surface area contributed by atoms with E-state index in [-0.39, 0.29) is 5.82 Å². The molecular formula is C14H16N4O2. The first kappa shape index (κ1) is 14.0. The molecule has 0 aliphatic rings. The zero-order valence-corrected chi connectivity index (χ0v) is 11.0. The normalized spacial score (nSPS) is 10.2. The third-order valence-electron chi connectivity index (χ3n) is 2.89. The van der Waals surface area contributed by atoms with Gasteiger partial charge in [0.1, 0.15) is 0 Å². The van der Waals surface area contributed by atoms with Gasteiger partial charge < -0.3 is 21.2 Å². The van der Waals surface area contributed by atoms with Crippen molar-refractivity contribution in [1.82, 2.24) is 4.98 Å². The van der Waals surface area contributed by atoms with E-state index in [9.17, 15) is 10.1 Å². The van der Waals surface area contributed by atoms with Crippen LogP contribution < -0.4 is 11.1 Å². The molecule has 6 heteroatoms. The molecule has 0 saturated carbocycles. The second-order valence-electron chi connectivity index (χ2n) is 4.37. The van der Waals surface area contributed by atoms with Crippen LogP contribution in [-0.4, -0.2) is 16.5 Å². The number of nitro groups is 1. The molecule has 0 atom stereocenters. The minimum absolute atomic E-state index is 0.151. The summed E-state index contributed by atoms with van der Waals surface area (Å²) in [4.78, 5) is 13.7. The van der Waals surface area contributed by atoms with E-state index in [1.807, 2.05) is 12.1 Å². The minimum Gasteiger partial charge on any atom is -0.378 e. The first-order chi connectivity index (χ1) is 9.69. The summed E-state index contributed by atoms with van der Waals surface area (Å²) >= 11 is 0. The Morgan fingerprint density at radius 2 is 1.85 bits per heavy atom. The molecule has 1 heterocycles. The summed E-state index contributed by atoms with van der Waals surface area (Å²) in [5.74, 6) is -0.151. The van der Waals surface area contributed by atoms with E-state index in [0.29, 0.717) is 13.1 Å². The van der Waals surface area contributed by atoms with Gasteiger partial charge in [0.25, 0.3) is 0 Å². The molecule has 2 aromatic rings. The van der Waals surface area contributed by atoms with Crippen LogP contribution in [0.3, 0.4) is 0 Å². The molecular weight excluding hydrogens is 256 g/mol. The molecule has 0 saturated heterocycles. The topological polar surface area (TPSA) is 94.1 Å². The summed E-state index contributed by atoms with van der Waals surface area (Å²) in [5, 5.41) is 13.7. The lowest BCUT2D eigenvalue weighted by molar-refractivity contribution is -0.389. The van der Waals surface area contributed by atoms with Gasteiger partial charge >= 0.3 is 5.82 Å². The number of hydrogen-bond acceptors (Lipinski definition) is 5. The molecule has 104 valence electrons. The van der Waals surface area contributed by atoms with Crippen LogP contribution in [0.1, 0.15) is 11.1 Å². The fourth-order valence-corrected chi connectivity index (χ4v) is 1.79. The Bertz CT molecular complexity index is 567. The standard InChI is InChI=1S/C14H16N4O2/c15-8-7-11-1-3-12(4-2-11)9-16-13-5-6-14(17-10-13)18(19)20/h1-6,10,16H,7-9,15H2. The quantitative estimate of drug-likeness (QED) is 0.620. The number of rotatable bonds is 6. The molecule has 20 heavy (non-hydrogen) atoms. The Hall–Kier alpha value is -2.47. The van der Waals surface area contributed by atoms with Crippen LogP contribution in [-0.2, 0) is 13.0 Å². The lowest BCUT2D eigenvalue weighted by Crippen LogP contribution is -2.03. The van der Waals surface area contributed by atoms with Crippen molar-refractivity contribution in [2.45, 2.75) is 13.0 Å². The molecule has 0 amide bonds. The van der Waals surface area contributed by atoms with Crippen molar-refractivity contribution in [3.63, 3.8) is 0 Å². The van der Waals surface area contributed by atoms with E-state index >= 15 is 0 Å². The monoisotopic (exact) mass is 272 g/mol. The van der Waals surface area contributed by atoms with Crippen molar-refractivity contribution >= 4 is 11.5 Å². The number of hydrogen-bond donors (Lipinski definition) is 2. The Morgan fingerprint density at radius 3 is 2.40 bits per heavy atom. The number of nitrogens with one attached hydrogen (secondary N) is 1. The third-order valence-corrected chi connectivity index (χ3v) is 2.89. The molecule has 0 unspecified atom stereocenters. The number of aromatic nitrogens is 1. The van der Waals surface area contributed by atoms with Gasteiger partial charge in [-0.2, -0.15) is 0 Å². The Kier molecular flexibility index (Phi) is 4.62. The van der Waals surface area contributed by atoms with Crippen LogP contribution in [0, 0.1) is 10.1 Å². The SMILES string of the molecule is NCCc1ccc(CNc2ccc([N+](=O)[O-])nc2)cc1. The Balaban J connectivity index is 1.92. The lowest BCUT2D eigenvalue weighted by atomic mass is 10.1. The van der Waals surface area contributed by atoms with Gasteiger partial charge in [-0.15, -0.1) is 0 Å². The number of benzene rings is 1. The fraction of sp³-hybridized carbons (Fsp3) is 0.214. The van der Waals surface area contributed by atoms with E-state index in [4.69, 9.17) is 5.73 Å². The molecule has 0 aliphatic heterocycles. The van der Waals surface area contributed by atoms with E-state index in [0.717, 1.165) is 17.7 Å². The fourth-order valence-electron chi connectivity index (χ4n) is 1.79. The molecule has 3 N–H and O–H groups in total. The summed E-state index contributed by atoms with van der Waals surface area (Å²) < 4.78 is 0. The molecule has 1 aromatic carbocycles. The predicted octanol–water partition coefficient (Wildman–Crippen LogP) is 2.10. The largest absolute Gasteiger partial charge is 0.378 e. The number of pyridine rings is 1. The summed E-state index contributed by atoms with van der Waals surface area (Å²) in [7, 11) is 0. The van der Waals surface area contributed by atoms with Crippen molar-refractivity contribution < 1.29 is 4.92 Å². The average Bonchev–Trinajstić information content (AvgIpc) is 2.47. The second kappa shape index (κ2) is 6.63. The Morgan fingerprint density at radius 1 is 1.15 bits per heavy atom. The third kappa shape index (κ3) is 3.76. The second-order valence-corrected chi connectivity index (χ2v) is 4.37. The predicted molar refractivity (Wildman–Crippen MR) is 77.4 cm³/mol. The maximum Gasteiger partial charge on any atom is 0.363 e. The summed E-state index contributed by atoms with van der Waals surface area (Å²) in [6.07, 6.45) is 2.33. The minimum atomic E-state index is -0.514. The first-order valence-electron chi connectivity index (χ1n) is 6.31. The van der Waals surface area contributed by atoms with Crippen LogP contribution in [0.5, 0.6) is 0 Å². The van der Waals surface area contributed by atoms with E-state index in [2.05, 4.69) is 22.4 Å². The van der Waals surface area contributed by atoms with Crippen LogP contribution in [0.25, 0.3) is 0 Å². The van der Waals surface area contributed by atoms with Gasteiger partial charge in [-0.25, -0.2) is 0 Å². The van der Waals surface area contributed by atoms with E-state index in [1.54, 1.807) is 6.07 Å². The van der Waals surface area contributed by atoms with Crippen molar-refractivity contribution in [1.29, 1.82) is 0 Å². The molecule has 1 aromatic heterocycles. The zero-order valence-electron chi connectivity index (χ0n) is 11.0. The highest BCUT2D eigenvalue weighted by Crippen LogP contribution is 2.13. The summed E-state index contributed by atoms with van der Waals surface area (Å²) in [5.41, 5.74) is 8.60. The number of nitrogens with zero attached hydrogens (tertiary/aromatic N) is 2. The highest BCUT2D eigenvalue weighted by Gasteiger charge is 2.05. The van der Waals surface area contributed by atoms with Crippen LogP contribution in [0.15, 0.2) is 42.6 Å². The van der Waals surface area contributed by atoms with Crippen molar-refractivity contribution in [3.8, 4) is 0 Å². The van der Waals surface area contributed by atoms with Gasteiger partial charge in [0.2, 0.25) is 0 Å². The van der Waals surface area contributed by atoms with Gasteiger partial charge in [-0.1, -0.05) is 24.3 Å². The number of anilines is 1. The van der Waals surface area contributed by atoms with Gasteiger partial charge in [-0.05, 0) is 40.1 Å². The van der Waals surface area contributed by atoms with E-state index in [1.165, 1.54) is 17.8 Å². The van der Waals surface area contributed by atoms with Crippen LogP contribution in [0.2, 0.25) is 0 Å². The van der Waals surface area contributed by atoms with Crippen molar-refractivity contribution in [3.05, 3.63) is 63.8 Å². The van der Waals surface area contributed by atoms with Gasteiger partial charge in [0, 0.05) is 12.6 Å². The smallest absolute Gasteiger partial charge is 0.363 e. The molecule has 2 rings (SSSR count). The van der Waals surface area contributed by atoms with Crippen molar-refractivity contribution in [2.24, 2.45) is 5.73 Å². The Labute approximate surface area is 116 Å². The molecule has 0 fully saturated rings. The van der Waals surface area contributed by atoms with Gasteiger partial charge in [0.15, 0.2) is 6.20 Å². The van der Waals surface area contributed by atoms with Crippen LogP contribution in [0.4, 0.5) is 11.5 Å². The van der Waals surface area contributed by atoms with Gasteiger partial charge in [0.05, 0.1) is 5.69 Å². The highest BCUT2D eigenvalue weighted by molar-refractivity contribution is 5.44. The molecule has 0 aliphatic carbocycles.